The Kier molecular flexibility index (Phi) is 10.1. The number of nitrogens with zero attached hydrogens (tertiary/aromatic N) is 2. The van der Waals surface area contributed by atoms with Crippen LogP contribution in [0.25, 0.3) is 0 Å². The molecule has 0 saturated carbocycles. The van der Waals surface area contributed by atoms with E-state index in [0.29, 0.717) is 25.4 Å². The molecular weight excluding hydrogens is 316 g/mol. The van der Waals surface area contributed by atoms with Crippen LogP contribution in [0, 0.1) is 16.7 Å². The molecule has 5 nitrogen and oxygen atoms in total. The molecule has 1 rings (SSSR count). The maximum absolute atomic E-state index is 11.0. The van der Waals surface area contributed by atoms with Crippen LogP contribution in [0.4, 0.5) is 0 Å². The van der Waals surface area contributed by atoms with Gasteiger partial charge in [-0.2, -0.15) is 0 Å². The standard InChI is InChI=1S/C11H18N2O2.C9H14O/c1-10(7-13-9-15)6-11(2,3)4-5-12-8-14;1-7-4-8(10)6-9(2,3)5-7/h10H,4-7H2,1-3H3;4H,5-6H2,1-3H3. The van der Waals surface area contributed by atoms with Gasteiger partial charge in [0.05, 0.1) is 13.1 Å². The van der Waals surface area contributed by atoms with E-state index in [4.69, 9.17) is 0 Å². The summed E-state index contributed by atoms with van der Waals surface area (Å²) in [6.07, 6.45) is 8.42. The molecule has 1 atom stereocenters. The van der Waals surface area contributed by atoms with Crippen molar-refractivity contribution in [1.82, 2.24) is 0 Å². The van der Waals surface area contributed by atoms with Gasteiger partial charge in [0.25, 0.3) is 0 Å². The summed E-state index contributed by atoms with van der Waals surface area (Å²) in [6.45, 7) is 13.6. The molecule has 1 aliphatic rings. The lowest BCUT2D eigenvalue weighted by Gasteiger charge is -2.27. The summed E-state index contributed by atoms with van der Waals surface area (Å²) >= 11 is 0. The van der Waals surface area contributed by atoms with Crippen molar-refractivity contribution in [3.63, 3.8) is 0 Å². The Bertz CT molecular complexity index is 563. The largest absolute Gasteiger partial charge is 0.295 e. The zero-order valence-electron chi connectivity index (χ0n) is 16.5. The van der Waals surface area contributed by atoms with Gasteiger partial charge in [0.2, 0.25) is 12.2 Å². The normalized spacial score (nSPS) is 17.2. The van der Waals surface area contributed by atoms with Gasteiger partial charge in [0, 0.05) is 6.42 Å². The second-order valence-corrected chi connectivity index (χ2v) is 8.60. The summed E-state index contributed by atoms with van der Waals surface area (Å²) in [7, 11) is 0. The molecule has 140 valence electrons. The molecular formula is C20H32N2O3. The van der Waals surface area contributed by atoms with E-state index in [2.05, 4.69) is 37.7 Å². The summed E-state index contributed by atoms with van der Waals surface area (Å²) in [5.41, 5.74) is 1.54. The first kappa shape index (κ1) is 23.2. The summed E-state index contributed by atoms with van der Waals surface area (Å²) in [6, 6.07) is 0. The van der Waals surface area contributed by atoms with Gasteiger partial charge in [-0.05, 0) is 49.0 Å². The summed E-state index contributed by atoms with van der Waals surface area (Å²) in [5.74, 6) is 0.635. The van der Waals surface area contributed by atoms with Crippen LogP contribution in [-0.4, -0.2) is 31.0 Å². The Morgan fingerprint density at radius 1 is 1.20 bits per heavy atom. The molecule has 1 aliphatic carbocycles. The highest BCUT2D eigenvalue weighted by Crippen LogP contribution is 2.33. The number of carbonyl (C=O) groups is 1. The number of hydrogen-bond acceptors (Lipinski definition) is 5. The van der Waals surface area contributed by atoms with Crippen LogP contribution in [0.15, 0.2) is 21.6 Å². The molecule has 0 N–H and O–H groups in total. The fourth-order valence-electron chi connectivity index (χ4n) is 3.37. The van der Waals surface area contributed by atoms with Gasteiger partial charge < -0.3 is 0 Å². The molecule has 5 heteroatoms. The zero-order chi connectivity index (χ0) is 19.5. The maximum atomic E-state index is 11.0. The molecule has 0 amide bonds. The number of allylic oxidation sites excluding steroid dienone is 2. The average Bonchev–Trinajstić information content (AvgIpc) is 2.42. The van der Waals surface area contributed by atoms with Gasteiger partial charge in [0.1, 0.15) is 0 Å². The van der Waals surface area contributed by atoms with Crippen LogP contribution in [0.3, 0.4) is 0 Å². The predicted molar refractivity (Wildman–Crippen MR) is 99.9 cm³/mol. The van der Waals surface area contributed by atoms with Crippen LogP contribution in [-0.2, 0) is 14.4 Å². The Hall–Kier alpha value is -1.83. The molecule has 0 aliphatic heterocycles. The molecule has 0 fully saturated rings. The number of aliphatic imine (C=N–C) groups is 2. The SMILES string of the molecule is CC(CN=C=O)CC(C)(C)CCN=C=O.CC1=CC(=O)CC(C)(C)C1. The summed E-state index contributed by atoms with van der Waals surface area (Å²) in [5, 5.41) is 0. The maximum Gasteiger partial charge on any atom is 0.234 e. The third-order valence-electron chi connectivity index (χ3n) is 4.15. The van der Waals surface area contributed by atoms with Gasteiger partial charge in [-0.1, -0.05) is 40.2 Å². The lowest BCUT2D eigenvalue weighted by atomic mass is 9.77. The van der Waals surface area contributed by atoms with Crippen molar-refractivity contribution < 1.29 is 14.4 Å². The molecule has 0 aromatic carbocycles. The average molecular weight is 348 g/mol. The molecule has 0 aromatic rings. The Labute approximate surface area is 151 Å². The van der Waals surface area contributed by atoms with Crippen LogP contribution in [0.5, 0.6) is 0 Å². The number of carbonyl (C=O) groups excluding carboxylic acids is 3. The van der Waals surface area contributed by atoms with E-state index < -0.39 is 0 Å². The molecule has 0 saturated heterocycles. The highest BCUT2D eigenvalue weighted by molar-refractivity contribution is 5.91. The van der Waals surface area contributed by atoms with E-state index in [1.165, 1.54) is 11.7 Å². The van der Waals surface area contributed by atoms with Crippen LogP contribution < -0.4 is 0 Å². The molecule has 0 spiro atoms. The van der Waals surface area contributed by atoms with Crippen molar-refractivity contribution in [2.45, 2.75) is 67.2 Å². The number of isocyanates is 2. The van der Waals surface area contributed by atoms with Crippen molar-refractivity contribution in [1.29, 1.82) is 0 Å². The lowest BCUT2D eigenvalue weighted by Crippen LogP contribution is -2.20. The van der Waals surface area contributed by atoms with Crippen LogP contribution in [0.2, 0.25) is 0 Å². The van der Waals surface area contributed by atoms with Gasteiger partial charge >= 0.3 is 0 Å². The molecule has 1 unspecified atom stereocenters. The highest BCUT2D eigenvalue weighted by atomic mass is 16.1. The van der Waals surface area contributed by atoms with Gasteiger partial charge in [-0.15, -0.1) is 0 Å². The van der Waals surface area contributed by atoms with E-state index in [1.54, 1.807) is 12.2 Å². The smallest absolute Gasteiger partial charge is 0.234 e. The molecule has 0 radical (unpaired) electrons. The van der Waals surface area contributed by atoms with Crippen LogP contribution >= 0.6 is 0 Å². The van der Waals surface area contributed by atoms with Gasteiger partial charge in [0.15, 0.2) is 5.78 Å². The fourth-order valence-corrected chi connectivity index (χ4v) is 3.37. The highest BCUT2D eigenvalue weighted by Gasteiger charge is 2.25. The Balaban J connectivity index is 0.000000496. The number of hydrogen-bond donors (Lipinski definition) is 0. The molecule has 0 heterocycles. The number of rotatable bonds is 7. The van der Waals surface area contributed by atoms with Crippen molar-refractivity contribution in [3.05, 3.63) is 11.6 Å². The Morgan fingerprint density at radius 3 is 2.28 bits per heavy atom. The van der Waals surface area contributed by atoms with Crippen LogP contribution in [0.1, 0.15) is 67.2 Å². The first-order valence-corrected chi connectivity index (χ1v) is 8.78. The van der Waals surface area contributed by atoms with Crippen molar-refractivity contribution in [2.75, 3.05) is 13.1 Å². The van der Waals surface area contributed by atoms with Crippen molar-refractivity contribution in [2.24, 2.45) is 26.7 Å². The third-order valence-corrected chi connectivity index (χ3v) is 4.15. The van der Waals surface area contributed by atoms with Gasteiger partial charge in [-0.25, -0.2) is 19.6 Å². The lowest BCUT2D eigenvalue weighted by molar-refractivity contribution is -0.117. The number of ketones is 1. The third kappa shape index (κ3) is 12.2. The van der Waals surface area contributed by atoms with Crippen molar-refractivity contribution >= 4 is 17.9 Å². The van der Waals surface area contributed by atoms with E-state index in [0.717, 1.165) is 19.3 Å². The first-order valence-electron chi connectivity index (χ1n) is 8.78. The van der Waals surface area contributed by atoms with Crippen molar-refractivity contribution in [3.8, 4) is 0 Å². The van der Waals surface area contributed by atoms with E-state index in [9.17, 15) is 14.4 Å². The Morgan fingerprint density at radius 2 is 1.80 bits per heavy atom. The molecule has 0 aromatic heterocycles. The quantitative estimate of drug-likeness (QED) is 0.505. The monoisotopic (exact) mass is 348 g/mol. The van der Waals surface area contributed by atoms with E-state index in [-0.39, 0.29) is 16.6 Å². The first-order chi connectivity index (χ1) is 11.5. The van der Waals surface area contributed by atoms with E-state index >= 15 is 0 Å². The summed E-state index contributed by atoms with van der Waals surface area (Å²) in [4.78, 5) is 37.9. The minimum atomic E-state index is 0.109. The topological polar surface area (TPSA) is 75.9 Å². The molecule has 25 heavy (non-hydrogen) atoms. The second kappa shape index (κ2) is 10.9. The second-order valence-electron chi connectivity index (χ2n) is 8.60. The predicted octanol–water partition coefficient (Wildman–Crippen LogP) is 4.42. The summed E-state index contributed by atoms with van der Waals surface area (Å²) < 4.78 is 0. The minimum absolute atomic E-state index is 0.109. The molecule has 0 bridgehead atoms. The van der Waals surface area contributed by atoms with E-state index in [1.807, 2.05) is 13.8 Å². The fraction of sp³-hybridized carbons (Fsp3) is 0.750. The van der Waals surface area contributed by atoms with Gasteiger partial charge in [-0.3, -0.25) is 4.79 Å². The zero-order valence-corrected chi connectivity index (χ0v) is 16.5. The minimum Gasteiger partial charge on any atom is -0.295 e.